The van der Waals surface area contributed by atoms with Gasteiger partial charge in [-0.05, 0) is 31.2 Å². The fourth-order valence-electron chi connectivity index (χ4n) is 1.49. The molecular weight excluding hydrogens is 258 g/mol. The predicted octanol–water partition coefficient (Wildman–Crippen LogP) is 2.77. The molecule has 0 saturated heterocycles. The van der Waals surface area contributed by atoms with Gasteiger partial charge in [0.25, 0.3) is 5.91 Å². The maximum Gasteiger partial charge on any atom is 0.252 e. The number of aromatic nitrogens is 1. The summed E-state index contributed by atoms with van der Waals surface area (Å²) in [7, 11) is 0. The predicted molar refractivity (Wildman–Crippen MR) is 82.9 cm³/mol. The summed E-state index contributed by atoms with van der Waals surface area (Å²) in [6.07, 6.45) is 5.73. The summed E-state index contributed by atoms with van der Waals surface area (Å²) >= 11 is 1.81. The summed E-state index contributed by atoms with van der Waals surface area (Å²) in [4.78, 5) is 16.1. The van der Waals surface area contributed by atoms with Crippen LogP contribution in [0.2, 0.25) is 0 Å². The molecule has 1 rings (SSSR count). The molecule has 1 aromatic rings. The van der Waals surface area contributed by atoms with Crippen LogP contribution in [0.1, 0.15) is 37.0 Å². The van der Waals surface area contributed by atoms with Crippen LogP contribution in [0.15, 0.2) is 18.3 Å². The van der Waals surface area contributed by atoms with E-state index in [-0.39, 0.29) is 5.91 Å². The summed E-state index contributed by atoms with van der Waals surface area (Å²) < 4.78 is 0. The molecule has 1 amide bonds. The molecule has 0 fully saturated rings. The third kappa shape index (κ3) is 5.96. The highest BCUT2D eigenvalue weighted by molar-refractivity contribution is 7.99. The number of rotatable bonds is 8. The number of nitrogens with zero attached hydrogens (tertiary/aromatic N) is 1. The molecule has 0 spiro atoms. The van der Waals surface area contributed by atoms with Crippen LogP contribution in [-0.2, 0) is 0 Å². The molecular formula is C14H23N3OS. The lowest BCUT2D eigenvalue weighted by Gasteiger charge is -2.09. The molecule has 19 heavy (non-hydrogen) atoms. The number of nitrogens with one attached hydrogen (secondary N) is 2. The zero-order chi connectivity index (χ0) is 14.1. The van der Waals surface area contributed by atoms with Crippen molar-refractivity contribution < 1.29 is 4.79 Å². The van der Waals surface area contributed by atoms with Crippen molar-refractivity contribution in [3.8, 4) is 0 Å². The van der Waals surface area contributed by atoms with Crippen molar-refractivity contribution in [3.63, 3.8) is 0 Å². The normalized spacial score (nSPS) is 11.9. The number of anilines is 1. The summed E-state index contributed by atoms with van der Waals surface area (Å²) in [5.41, 5.74) is 0.610. The second kappa shape index (κ2) is 8.80. The minimum atomic E-state index is -0.0529. The van der Waals surface area contributed by atoms with Crippen LogP contribution < -0.4 is 10.6 Å². The first-order valence-corrected chi connectivity index (χ1v) is 7.97. The molecule has 0 saturated carbocycles. The Bertz CT molecular complexity index is 381. The summed E-state index contributed by atoms with van der Waals surface area (Å²) in [5, 5.41) is 6.66. The van der Waals surface area contributed by atoms with Crippen LogP contribution in [0.25, 0.3) is 0 Å². The number of thioether (sulfide) groups is 1. The SMILES string of the molecule is CCCNc1ccc(C(=O)NCCC(C)SC)cn1. The van der Waals surface area contributed by atoms with E-state index in [0.29, 0.717) is 17.4 Å². The summed E-state index contributed by atoms with van der Waals surface area (Å²) in [5.74, 6) is 0.761. The van der Waals surface area contributed by atoms with Gasteiger partial charge in [-0.2, -0.15) is 11.8 Å². The number of amides is 1. The first-order chi connectivity index (χ1) is 9.17. The smallest absolute Gasteiger partial charge is 0.252 e. The third-order valence-electron chi connectivity index (χ3n) is 2.82. The molecule has 1 unspecified atom stereocenters. The van der Waals surface area contributed by atoms with Crippen LogP contribution in [0.4, 0.5) is 5.82 Å². The maximum absolute atomic E-state index is 11.9. The van der Waals surface area contributed by atoms with E-state index in [9.17, 15) is 4.79 Å². The molecule has 5 heteroatoms. The van der Waals surface area contributed by atoms with Crippen molar-refractivity contribution in [2.75, 3.05) is 24.7 Å². The van der Waals surface area contributed by atoms with E-state index in [2.05, 4.69) is 35.7 Å². The van der Waals surface area contributed by atoms with Gasteiger partial charge in [-0.15, -0.1) is 0 Å². The second-order valence-electron chi connectivity index (χ2n) is 4.45. The van der Waals surface area contributed by atoms with Crippen molar-refractivity contribution in [1.29, 1.82) is 0 Å². The molecule has 1 atom stereocenters. The van der Waals surface area contributed by atoms with Gasteiger partial charge in [0.05, 0.1) is 5.56 Å². The van der Waals surface area contributed by atoms with Crippen molar-refractivity contribution in [3.05, 3.63) is 23.9 Å². The zero-order valence-electron chi connectivity index (χ0n) is 11.9. The van der Waals surface area contributed by atoms with E-state index < -0.39 is 0 Å². The largest absolute Gasteiger partial charge is 0.370 e. The number of pyridine rings is 1. The Morgan fingerprint density at radius 2 is 2.21 bits per heavy atom. The molecule has 1 heterocycles. The highest BCUT2D eigenvalue weighted by Crippen LogP contribution is 2.09. The van der Waals surface area contributed by atoms with Crippen LogP contribution in [0, 0.1) is 0 Å². The van der Waals surface area contributed by atoms with Gasteiger partial charge in [0.2, 0.25) is 0 Å². The molecule has 2 N–H and O–H groups in total. The van der Waals surface area contributed by atoms with Gasteiger partial charge >= 0.3 is 0 Å². The summed E-state index contributed by atoms with van der Waals surface area (Å²) in [6.45, 7) is 5.86. The Morgan fingerprint density at radius 3 is 2.79 bits per heavy atom. The number of carbonyl (C=O) groups is 1. The molecule has 0 aliphatic heterocycles. The van der Waals surface area contributed by atoms with Crippen LogP contribution in [0.5, 0.6) is 0 Å². The molecule has 106 valence electrons. The highest BCUT2D eigenvalue weighted by atomic mass is 32.2. The molecule has 0 aliphatic rings. The summed E-state index contributed by atoms with van der Waals surface area (Å²) in [6, 6.07) is 3.65. The van der Waals surface area contributed by atoms with Crippen LogP contribution >= 0.6 is 11.8 Å². The van der Waals surface area contributed by atoms with E-state index in [1.165, 1.54) is 0 Å². The van der Waals surface area contributed by atoms with Gasteiger partial charge < -0.3 is 10.6 Å². The lowest BCUT2D eigenvalue weighted by atomic mass is 10.2. The topological polar surface area (TPSA) is 54.0 Å². The first-order valence-electron chi connectivity index (χ1n) is 6.68. The number of hydrogen-bond donors (Lipinski definition) is 2. The first kappa shape index (κ1) is 15.8. The quantitative estimate of drug-likeness (QED) is 0.769. The van der Waals surface area contributed by atoms with Crippen LogP contribution in [-0.4, -0.2) is 35.5 Å². The van der Waals surface area contributed by atoms with Gasteiger partial charge in [0.15, 0.2) is 0 Å². The zero-order valence-corrected chi connectivity index (χ0v) is 12.7. The van der Waals surface area contributed by atoms with Gasteiger partial charge in [-0.3, -0.25) is 4.79 Å². The van der Waals surface area contributed by atoms with E-state index in [0.717, 1.165) is 25.2 Å². The fourth-order valence-corrected chi connectivity index (χ4v) is 1.85. The minimum Gasteiger partial charge on any atom is -0.370 e. The minimum absolute atomic E-state index is 0.0529. The lowest BCUT2D eigenvalue weighted by Crippen LogP contribution is -2.26. The Morgan fingerprint density at radius 1 is 1.42 bits per heavy atom. The standard InChI is InChI=1S/C14H23N3OS/c1-4-8-15-13-6-5-12(10-17-13)14(18)16-9-7-11(2)19-3/h5-6,10-11H,4,7-9H2,1-3H3,(H,15,17)(H,16,18). The average Bonchev–Trinajstić information content (AvgIpc) is 2.45. The van der Waals surface area contributed by atoms with E-state index in [1.54, 1.807) is 12.3 Å². The van der Waals surface area contributed by atoms with E-state index in [4.69, 9.17) is 0 Å². The van der Waals surface area contributed by atoms with Gasteiger partial charge in [-0.25, -0.2) is 4.98 Å². The third-order valence-corrected chi connectivity index (χ3v) is 3.86. The number of carbonyl (C=O) groups excluding carboxylic acids is 1. The fraction of sp³-hybridized carbons (Fsp3) is 0.571. The highest BCUT2D eigenvalue weighted by Gasteiger charge is 2.06. The van der Waals surface area contributed by atoms with Crippen molar-refractivity contribution in [2.45, 2.75) is 31.9 Å². The monoisotopic (exact) mass is 281 g/mol. The van der Waals surface area contributed by atoms with Gasteiger partial charge in [0, 0.05) is 24.5 Å². The Balaban J connectivity index is 2.40. The molecule has 0 aliphatic carbocycles. The average molecular weight is 281 g/mol. The van der Waals surface area contributed by atoms with Gasteiger partial charge in [0.1, 0.15) is 5.82 Å². The maximum atomic E-state index is 11.9. The lowest BCUT2D eigenvalue weighted by molar-refractivity contribution is 0.0953. The molecule has 0 aromatic carbocycles. The number of hydrogen-bond acceptors (Lipinski definition) is 4. The Labute approximate surface area is 119 Å². The van der Waals surface area contributed by atoms with Crippen molar-refractivity contribution in [1.82, 2.24) is 10.3 Å². The van der Waals surface area contributed by atoms with Crippen molar-refractivity contribution in [2.24, 2.45) is 0 Å². The van der Waals surface area contributed by atoms with Crippen molar-refractivity contribution >= 4 is 23.5 Å². The van der Waals surface area contributed by atoms with Crippen LogP contribution in [0.3, 0.4) is 0 Å². The Hall–Kier alpha value is -1.23. The van der Waals surface area contributed by atoms with Gasteiger partial charge in [-0.1, -0.05) is 13.8 Å². The van der Waals surface area contributed by atoms with E-state index >= 15 is 0 Å². The molecule has 1 aromatic heterocycles. The van der Waals surface area contributed by atoms with E-state index in [1.807, 2.05) is 17.8 Å². The Kier molecular flexibility index (Phi) is 7.33. The molecule has 0 bridgehead atoms. The second-order valence-corrected chi connectivity index (χ2v) is 5.73. The molecule has 0 radical (unpaired) electrons. The molecule has 4 nitrogen and oxygen atoms in total.